The fourth-order valence-electron chi connectivity index (χ4n) is 2.46. The van der Waals surface area contributed by atoms with Crippen LogP contribution in [-0.2, 0) is 11.2 Å². The van der Waals surface area contributed by atoms with E-state index >= 15 is 0 Å². The third-order valence-corrected chi connectivity index (χ3v) is 4.08. The van der Waals surface area contributed by atoms with Gasteiger partial charge in [-0.05, 0) is 53.0 Å². The van der Waals surface area contributed by atoms with Crippen molar-refractivity contribution in [1.82, 2.24) is 5.32 Å². The fourth-order valence-corrected chi connectivity index (χ4v) is 3.04. The van der Waals surface area contributed by atoms with Crippen molar-refractivity contribution in [2.45, 2.75) is 45.3 Å². The summed E-state index contributed by atoms with van der Waals surface area (Å²) in [5.74, 6) is 0.866. The van der Waals surface area contributed by atoms with Crippen LogP contribution >= 0.6 is 15.9 Å². The van der Waals surface area contributed by atoms with Gasteiger partial charge in [-0.1, -0.05) is 26.3 Å². The summed E-state index contributed by atoms with van der Waals surface area (Å²) in [6, 6.07) is 6.59. The van der Waals surface area contributed by atoms with Gasteiger partial charge in [0.25, 0.3) is 0 Å². The Bertz CT molecular complexity index is 398. The SMILES string of the molecule is CCCC(OC)C(Cc1ccc(OC)c(Br)c1)NCC. The van der Waals surface area contributed by atoms with E-state index in [1.807, 2.05) is 6.07 Å². The Kier molecular flexibility index (Phi) is 8.19. The van der Waals surface area contributed by atoms with Crippen LogP contribution in [0.15, 0.2) is 22.7 Å². The highest BCUT2D eigenvalue weighted by molar-refractivity contribution is 9.10. The number of halogens is 1. The molecule has 2 atom stereocenters. The molecule has 1 aromatic rings. The molecule has 0 aromatic heterocycles. The van der Waals surface area contributed by atoms with E-state index in [1.165, 1.54) is 5.56 Å². The first-order valence-electron chi connectivity index (χ1n) is 7.24. The van der Waals surface area contributed by atoms with Crippen molar-refractivity contribution >= 4 is 15.9 Å². The smallest absolute Gasteiger partial charge is 0.133 e. The number of hydrogen-bond donors (Lipinski definition) is 1. The lowest BCUT2D eigenvalue weighted by Gasteiger charge is -2.27. The molecular formula is C16H26BrNO2. The van der Waals surface area contributed by atoms with Crippen LogP contribution in [0.4, 0.5) is 0 Å². The number of nitrogens with one attached hydrogen (secondary N) is 1. The summed E-state index contributed by atoms with van der Waals surface area (Å²) >= 11 is 3.54. The number of rotatable bonds is 9. The van der Waals surface area contributed by atoms with E-state index in [4.69, 9.17) is 9.47 Å². The van der Waals surface area contributed by atoms with Crippen LogP contribution in [-0.4, -0.2) is 32.9 Å². The van der Waals surface area contributed by atoms with Gasteiger partial charge in [0, 0.05) is 13.2 Å². The molecule has 0 spiro atoms. The average Bonchev–Trinajstić information content (AvgIpc) is 2.44. The van der Waals surface area contributed by atoms with Crippen LogP contribution in [0.25, 0.3) is 0 Å². The predicted molar refractivity (Wildman–Crippen MR) is 87.6 cm³/mol. The Hall–Kier alpha value is -0.580. The molecule has 4 heteroatoms. The van der Waals surface area contributed by atoms with Gasteiger partial charge >= 0.3 is 0 Å². The number of methoxy groups -OCH3 is 2. The second-order valence-electron chi connectivity index (χ2n) is 4.90. The number of likely N-dealkylation sites (N-methyl/N-ethyl adjacent to an activating group) is 1. The van der Waals surface area contributed by atoms with Crippen molar-refractivity contribution in [2.24, 2.45) is 0 Å². The first-order chi connectivity index (χ1) is 9.65. The van der Waals surface area contributed by atoms with Crippen molar-refractivity contribution in [2.75, 3.05) is 20.8 Å². The quantitative estimate of drug-likeness (QED) is 0.739. The zero-order valence-corrected chi connectivity index (χ0v) is 14.5. The molecule has 114 valence electrons. The van der Waals surface area contributed by atoms with Crippen LogP contribution in [0.2, 0.25) is 0 Å². The summed E-state index contributed by atoms with van der Waals surface area (Å²) in [7, 11) is 3.48. The van der Waals surface area contributed by atoms with Gasteiger partial charge in [0.15, 0.2) is 0 Å². The fraction of sp³-hybridized carbons (Fsp3) is 0.625. The molecule has 0 aliphatic carbocycles. The van der Waals surface area contributed by atoms with E-state index < -0.39 is 0 Å². The highest BCUT2D eigenvalue weighted by atomic mass is 79.9. The maximum atomic E-state index is 5.65. The summed E-state index contributed by atoms with van der Waals surface area (Å²) in [5.41, 5.74) is 1.28. The van der Waals surface area contributed by atoms with Crippen molar-refractivity contribution in [3.05, 3.63) is 28.2 Å². The molecule has 0 saturated heterocycles. The van der Waals surface area contributed by atoms with Crippen LogP contribution in [0, 0.1) is 0 Å². The predicted octanol–water partition coefficient (Wildman–Crippen LogP) is 3.79. The van der Waals surface area contributed by atoms with Gasteiger partial charge in [0.1, 0.15) is 5.75 Å². The highest BCUT2D eigenvalue weighted by Crippen LogP contribution is 2.26. The molecule has 0 radical (unpaired) electrons. The van der Waals surface area contributed by atoms with Gasteiger partial charge < -0.3 is 14.8 Å². The maximum absolute atomic E-state index is 5.65. The van der Waals surface area contributed by atoms with Crippen molar-refractivity contribution in [3.63, 3.8) is 0 Å². The monoisotopic (exact) mass is 343 g/mol. The summed E-state index contributed by atoms with van der Waals surface area (Å²) in [6.45, 7) is 5.28. The molecule has 1 rings (SSSR count). The summed E-state index contributed by atoms with van der Waals surface area (Å²) in [4.78, 5) is 0. The van der Waals surface area contributed by atoms with E-state index in [2.05, 4.69) is 47.2 Å². The van der Waals surface area contributed by atoms with E-state index in [1.54, 1.807) is 14.2 Å². The second-order valence-corrected chi connectivity index (χ2v) is 5.75. The maximum Gasteiger partial charge on any atom is 0.133 e. The first kappa shape index (κ1) is 17.5. The molecule has 0 saturated carbocycles. The molecule has 3 nitrogen and oxygen atoms in total. The standard InChI is InChI=1S/C16H26BrNO2/c1-5-7-16(20-4)14(18-6-2)11-12-8-9-15(19-3)13(17)10-12/h8-10,14,16,18H,5-7,11H2,1-4H3. The van der Waals surface area contributed by atoms with E-state index in [0.717, 1.165) is 36.0 Å². The molecule has 1 aromatic carbocycles. The van der Waals surface area contributed by atoms with E-state index in [0.29, 0.717) is 6.04 Å². The van der Waals surface area contributed by atoms with Crippen LogP contribution < -0.4 is 10.1 Å². The van der Waals surface area contributed by atoms with Gasteiger partial charge in [0.05, 0.1) is 17.7 Å². The summed E-state index contributed by atoms with van der Waals surface area (Å²) in [6.07, 6.45) is 3.41. The third kappa shape index (κ3) is 5.08. The van der Waals surface area contributed by atoms with Crippen molar-refractivity contribution in [1.29, 1.82) is 0 Å². The molecule has 0 bridgehead atoms. The molecule has 2 unspecified atom stereocenters. The van der Waals surface area contributed by atoms with Gasteiger partial charge in [-0.15, -0.1) is 0 Å². The molecule has 0 amide bonds. The lowest BCUT2D eigenvalue weighted by Crippen LogP contribution is -2.42. The normalized spacial score (nSPS) is 14.1. The topological polar surface area (TPSA) is 30.5 Å². The van der Waals surface area contributed by atoms with Crippen LogP contribution in [0.5, 0.6) is 5.75 Å². The molecule has 1 N–H and O–H groups in total. The van der Waals surface area contributed by atoms with Gasteiger partial charge in [0.2, 0.25) is 0 Å². The van der Waals surface area contributed by atoms with Gasteiger partial charge in [-0.3, -0.25) is 0 Å². The summed E-state index contributed by atoms with van der Waals surface area (Å²) in [5, 5.41) is 3.54. The summed E-state index contributed by atoms with van der Waals surface area (Å²) < 4.78 is 11.9. The largest absolute Gasteiger partial charge is 0.496 e. The third-order valence-electron chi connectivity index (χ3n) is 3.46. The van der Waals surface area contributed by atoms with Crippen LogP contribution in [0.3, 0.4) is 0 Å². The van der Waals surface area contributed by atoms with Crippen LogP contribution in [0.1, 0.15) is 32.3 Å². The zero-order chi connectivity index (χ0) is 15.0. The molecule has 0 heterocycles. The number of hydrogen-bond acceptors (Lipinski definition) is 3. The highest BCUT2D eigenvalue weighted by Gasteiger charge is 2.20. The molecule has 0 aliphatic heterocycles. The lowest BCUT2D eigenvalue weighted by atomic mass is 9.98. The Morgan fingerprint density at radius 2 is 2.00 bits per heavy atom. The van der Waals surface area contributed by atoms with Gasteiger partial charge in [-0.25, -0.2) is 0 Å². The Balaban J connectivity index is 2.81. The average molecular weight is 344 g/mol. The number of ether oxygens (including phenoxy) is 2. The minimum absolute atomic E-state index is 0.251. The van der Waals surface area contributed by atoms with E-state index in [-0.39, 0.29) is 6.10 Å². The minimum Gasteiger partial charge on any atom is -0.496 e. The Labute approximate surface area is 131 Å². The molecule has 0 fully saturated rings. The number of benzene rings is 1. The first-order valence-corrected chi connectivity index (χ1v) is 8.04. The Morgan fingerprint density at radius 3 is 2.50 bits per heavy atom. The zero-order valence-electron chi connectivity index (χ0n) is 12.9. The second kappa shape index (κ2) is 9.37. The molecule has 20 heavy (non-hydrogen) atoms. The molecule has 0 aliphatic rings. The van der Waals surface area contributed by atoms with Gasteiger partial charge in [-0.2, -0.15) is 0 Å². The minimum atomic E-state index is 0.251. The Morgan fingerprint density at radius 1 is 1.25 bits per heavy atom. The van der Waals surface area contributed by atoms with Crippen molar-refractivity contribution in [3.8, 4) is 5.75 Å². The van der Waals surface area contributed by atoms with Crippen molar-refractivity contribution < 1.29 is 9.47 Å². The molecular weight excluding hydrogens is 318 g/mol. The lowest BCUT2D eigenvalue weighted by molar-refractivity contribution is 0.0614. The van der Waals surface area contributed by atoms with E-state index in [9.17, 15) is 0 Å².